The summed E-state index contributed by atoms with van der Waals surface area (Å²) in [5.74, 6) is 0.406. The molecule has 2 amide bonds. The van der Waals surface area contributed by atoms with Crippen molar-refractivity contribution < 1.29 is 14.3 Å². The summed E-state index contributed by atoms with van der Waals surface area (Å²) < 4.78 is 5.32. The Morgan fingerprint density at radius 1 is 0.962 bits per heavy atom. The lowest BCUT2D eigenvalue weighted by atomic mass is 9.90. The van der Waals surface area contributed by atoms with E-state index in [4.69, 9.17) is 4.74 Å². The van der Waals surface area contributed by atoms with Crippen molar-refractivity contribution in [2.45, 2.75) is 46.0 Å². The predicted molar refractivity (Wildman–Crippen MR) is 101 cm³/mol. The van der Waals surface area contributed by atoms with E-state index in [1.54, 1.807) is 4.90 Å². The van der Waals surface area contributed by atoms with Gasteiger partial charge in [0.05, 0.1) is 6.61 Å². The summed E-state index contributed by atoms with van der Waals surface area (Å²) in [4.78, 5) is 28.7. The van der Waals surface area contributed by atoms with Crippen molar-refractivity contribution in [1.29, 1.82) is 0 Å². The average Bonchev–Trinajstić information content (AvgIpc) is 2.91. The third-order valence-electron chi connectivity index (χ3n) is 5.18. The van der Waals surface area contributed by atoms with Crippen molar-refractivity contribution in [2.24, 2.45) is 5.92 Å². The lowest BCUT2D eigenvalue weighted by molar-refractivity contribution is 0.0746. The van der Waals surface area contributed by atoms with E-state index in [0.29, 0.717) is 38.7 Å². The monoisotopic (exact) mass is 358 g/mol. The molecule has 0 bridgehead atoms. The summed E-state index contributed by atoms with van der Waals surface area (Å²) in [5.41, 5.74) is 3.50. The van der Waals surface area contributed by atoms with Gasteiger partial charge in [-0.15, -0.1) is 0 Å². The van der Waals surface area contributed by atoms with E-state index in [2.05, 4.69) is 12.1 Å². The molecule has 1 aromatic carbocycles. The number of amides is 2. The minimum Gasteiger partial charge on any atom is -0.449 e. The minimum atomic E-state index is -0.262. The molecule has 1 heterocycles. The molecule has 1 saturated heterocycles. The summed E-state index contributed by atoms with van der Waals surface area (Å²) in [7, 11) is 0. The van der Waals surface area contributed by atoms with Crippen molar-refractivity contribution in [3.63, 3.8) is 0 Å². The van der Waals surface area contributed by atoms with Crippen LogP contribution in [0, 0.1) is 5.92 Å². The highest BCUT2D eigenvalue weighted by Crippen LogP contribution is 2.23. The number of fused-ring (bicyclic) bond motifs is 1. The maximum atomic E-state index is 12.9. The number of rotatable bonds is 3. The summed E-state index contributed by atoms with van der Waals surface area (Å²) in [6.45, 7) is 6.91. The number of ether oxygens (including phenoxy) is 1. The van der Waals surface area contributed by atoms with Gasteiger partial charge in [0.15, 0.2) is 0 Å². The summed E-state index contributed by atoms with van der Waals surface area (Å²) in [6.07, 6.45) is 5.18. The molecule has 1 aliphatic carbocycles. The zero-order valence-electron chi connectivity index (χ0n) is 16.0. The topological polar surface area (TPSA) is 49.9 Å². The Morgan fingerprint density at radius 2 is 1.65 bits per heavy atom. The van der Waals surface area contributed by atoms with Gasteiger partial charge in [0.1, 0.15) is 0 Å². The highest BCUT2D eigenvalue weighted by atomic mass is 16.6. The van der Waals surface area contributed by atoms with Gasteiger partial charge < -0.3 is 14.5 Å². The van der Waals surface area contributed by atoms with Crippen LogP contribution in [0.1, 0.15) is 54.6 Å². The van der Waals surface area contributed by atoms with Crippen molar-refractivity contribution >= 4 is 12.0 Å². The highest BCUT2D eigenvalue weighted by Gasteiger charge is 2.24. The van der Waals surface area contributed by atoms with Crippen LogP contribution in [0.4, 0.5) is 4.79 Å². The van der Waals surface area contributed by atoms with Crippen LogP contribution >= 0.6 is 0 Å². The molecule has 0 radical (unpaired) electrons. The summed E-state index contributed by atoms with van der Waals surface area (Å²) in [6, 6.07) is 6.16. The fraction of sp³-hybridized carbons (Fsp3) is 0.619. The fourth-order valence-corrected chi connectivity index (χ4v) is 3.68. The first-order valence-corrected chi connectivity index (χ1v) is 9.87. The Kier molecular flexibility index (Phi) is 6.17. The number of hydrogen-bond acceptors (Lipinski definition) is 3. The van der Waals surface area contributed by atoms with Gasteiger partial charge in [-0.05, 0) is 61.3 Å². The molecule has 0 atom stereocenters. The number of carbonyl (C=O) groups excluding carboxylic acids is 2. The van der Waals surface area contributed by atoms with Crippen LogP contribution in [-0.4, -0.2) is 54.6 Å². The predicted octanol–water partition coefficient (Wildman–Crippen LogP) is 3.51. The third kappa shape index (κ3) is 4.57. The van der Waals surface area contributed by atoms with Crippen LogP contribution < -0.4 is 0 Å². The zero-order chi connectivity index (χ0) is 18.5. The first-order chi connectivity index (χ1) is 12.5. The van der Waals surface area contributed by atoms with E-state index >= 15 is 0 Å². The Hall–Kier alpha value is -2.04. The molecule has 0 spiro atoms. The van der Waals surface area contributed by atoms with Gasteiger partial charge in [0.2, 0.25) is 0 Å². The number of aryl methyl sites for hydroxylation is 2. The standard InChI is InChI=1S/C21H30N2O3/c1-16(2)15-26-21(25)23-11-5-10-22(12-13-23)20(24)19-9-8-17-6-3-4-7-18(17)14-19/h8-9,14,16H,3-7,10-13,15H2,1-2H3. The van der Waals surface area contributed by atoms with E-state index in [-0.39, 0.29) is 12.0 Å². The van der Waals surface area contributed by atoms with Crippen molar-refractivity contribution in [1.82, 2.24) is 9.80 Å². The largest absolute Gasteiger partial charge is 0.449 e. The van der Waals surface area contributed by atoms with E-state index in [0.717, 1.165) is 24.8 Å². The maximum absolute atomic E-state index is 12.9. The fourth-order valence-electron chi connectivity index (χ4n) is 3.68. The van der Waals surface area contributed by atoms with Gasteiger partial charge in [0.25, 0.3) is 5.91 Å². The highest BCUT2D eigenvalue weighted by molar-refractivity contribution is 5.94. The van der Waals surface area contributed by atoms with Gasteiger partial charge in [-0.2, -0.15) is 0 Å². The summed E-state index contributed by atoms with van der Waals surface area (Å²) >= 11 is 0. The number of hydrogen-bond donors (Lipinski definition) is 0. The molecular formula is C21H30N2O3. The molecule has 1 aliphatic heterocycles. The molecule has 1 fully saturated rings. The lowest BCUT2D eigenvalue weighted by Crippen LogP contribution is -2.38. The number of carbonyl (C=O) groups is 2. The van der Waals surface area contributed by atoms with E-state index in [1.165, 1.54) is 24.0 Å². The molecule has 0 saturated carbocycles. The van der Waals surface area contributed by atoms with Gasteiger partial charge in [-0.3, -0.25) is 4.79 Å². The molecule has 0 N–H and O–H groups in total. The second-order valence-electron chi connectivity index (χ2n) is 7.79. The van der Waals surface area contributed by atoms with Crippen LogP contribution in [-0.2, 0) is 17.6 Å². The Bertz CT molecular complexity index is 657. The van der Waals surface area contributed by atoms with E-state index in [9.17, 15) is 9.59 Å². The van der Waals surface area contributed by atoms with Crippen LogP contribution in [0.15, 0.2) is 18.2 Å². The molecule has 2 aliphatic rings. The van der Waals surface area contributed by atoms with E-state index in [1.807, 2.05) is 24.8 Å². The van der Waals surface area contributed by atoms with Gasteiger partial charge >= 0.3 is 6.09 Å². The summed E-state index contributed by atoms with van der Waals surface area (Å²) in [5, 5.41) is 0. The smallest absolute Gasteiger partial charge is 0.409 e. The maximum Gasteiger partial charge on any atom is 0.409 e. The number of nitrogens with zero attached hydrogens (tertiary/aromatic N) is 2. The molecule has 0 aromatic heterocycles. The van der Waals surface area contributed by atoms with Gasteiger partial charge in [-0.25, -0.2) is 4.79 Å². The molecule has 5 nitrogen and oxygen atoms in total. The number of benzene rings is 1. The zero-order valence-corrected chi connectivity index (χ0v) is 16.0. The quantitative estimate of drug-likeness (QED) is 0.831. The molecule has 3 rings (SSSR count). The van der Waals surface area contributed by atoms with Gasteiger partial charge in [-0.1, -0.05) is 19.9 Å². The Balaban J connectivity index is 1.60. The van der Waals surface area contributed by atoms with Crippen molar-refractivity contribution in [2.75, 3.05) is 32.8 Å². The molecule has 26 heavy (non-hydrogen) atoms. The van der Waals surface area contributed by atoms with E-state index < -0.39 is 0 Å². The SMILES string of the molecule is CC(C)COC(=O)N1CCCN(C(=O)c2ccc3c(c2)CCCC3)CC1. The van der Waals surface area contributed by atoms with Crippen LogP contribution in [0.5, 0.6) is 0 Å². The molecule has 0 unspecified atom stereocenters. The van der Waals surface area contributed by atoms with Crippen LogP contribution in [0.25, 0.3) is 0 Å². The Labute approximate surface area is 156 Å². The van der Waals surface area contributed by atoms with Gasteiger partial charge in [0, 0.05) is 31.7 Å². The second kappa shape index (κ2) is 8.56. The average molecular weight is 358 g/mol. The molecule has 1 aromatic rings. The van der Waals surface area contributed by atoms with Crippen molar-refractivity contribution in [3.05, 3.63) is 34.9 Å². The lowest BCUT2D eigenvalue weighted by Gasteiger charge is -2.23. The minimum absolute atomic E-state index is 0.0794. The first kappa shape index (κ1) is 18.7. The third-order valence-corrected chi connectivity index (χ3v) is 5.18. The molecule has 5 heteroatoms. The Morgan fingerprint density at radius 3 is 2.42 bits per heavy atom. The first-order valence-electron chi connectivity index (χ1n) is 9.87. The normalized spacial score (nSPS) is 17.7. The second-order valence-corrected chi connectivity index (χ2v) is 7.79. The van der Waals surface area contributed by atoms with Crippen LogP contribution in [0.2, 0.25) is 0 Å². The van der Waals surface area contributed by atoms with Crippen molar-refractivity contribution in [3.8, 4) is 0 Å². The van der Waals surface area contributed by atoms with Crippen LogP contribution in [0.3, 0.4) is 0 Å². The molecular weight excluding hydrogens is 328 g/mol. The molecule has 142 valence electrons.